The van der Waals surface area contributed by atoms with Crippen molar-refractivity contribution < 1.29 is 18.8 Å². The molecule has 0 atom stereocenters. The van der Waals surface area contributed by atoms with E-state index in [4.69, 9.17) is 4.74 Å². The van der Waals surface area contributed by atoms with Crippen molar-refractivity contribution >= 4 is 17.4 Å². The molecule has 2 aromatic carbocycles. The van der Waals surface area contributed by atoms with Crippen molar-refractivity contribution in [2.45, 2.75) is 26.5 Å². The van der Waals surface area contributed by atoms with Crippen LogP contribution in [0.25, 0.3) is 0 Å². The van der Waals surface area contributed by atoms with E-state index in [0.29, 0.717) is 17.3 Å². The first-order chi connectivity index (χ1) is 13.9. The number of carbonyl (C=O) groups excluding carboxylic acids is 1. The lowest BCUT2D eigenvalue weighted by Crippen LogP contribution is -2.15. The average molecular weight is 398 g/mol. The second-order valence-corrected chi connectivity index (χ2v) is 6.34. The number of imidazole rings is 1. The van der Waals surface area contributed by atoms with Crippen molar-refractivity contribution in [3.63, 3.8) is 0 Å². The number of hydrogen-bond acceptors (Lipinski definition) is 5. The monoisotopic (exact) mass is 398 g/mol. The summed E-state index contributed by atoms with van der Waals surface area (Å²) in [5.41, 5.74) is 1.41. The molecule has 0 spiro atoms. The molecule has 0 saturated carbocycles. The Kier molecular flexibility index (Phi) is 6.18. The zero-order valence-corrected chi connectivity index (χ0v) is 15.7. The summed E-state index contributed by atoms with van der Waals surface area (Å²) < 4.78 is 20.3. The minimum absolute atomic E-state index is 0.137. The highest BCUT2D eigenvalue weighted by Crippen LogP contribution is 2.17. The number of nitro groups is 1. The third kappa shape index (κ3) is 5.61. The predicted molar refractivity (Wildman–Crippen MR) is 104 cm³/mol. The van der Waals surface area contributed by atoms with E-state index in [1.807, 2.05) is 6.07 Å². The average Bonchev–Trinajstić information content (AvgIpc) is 3.06. The maximum atomic E-state index is 13.2. The van der Waals surface area contributed by atoms with Crippen molar-refractivity contribution in [1.82, 2.24) is 9.55 Å². The zero-order chi connectivity index (χ0) is 20.8. The maximum Gasteiger partial charge on any atom is 0.381 e. The Hall–Kier alpha value is -3.75. The van der Waals surface area contributed by atoms with E-state index in [1.165, 1.54) is 18.3 Å². The fourth-order valence-corrected chi connectivity index (χ4v) is 2.71. The summed E-state index contributed by atoms with van der Waals surface area (Å²) in [5, 5.41) is 13.5. The van der Waals surface area contributed by atoms with Gasteiger partial charge in [-0.05, 0) is 39.7 Å². The molecule has 0 bridgehead atoms. The molecule has 8 nitrogen and oxygen atoms in total. The minimum atomic E-state index is -0.568. The lowest BCUT2D eigenvalue weighted by molar-refractivity contribution is -0.389. The molecule has 0 aliphatic carbocycles. The van der Waals surface area contributed by atoms with Crippen molar-refractivity contribution in [2.24, 2.45) is 0 Å². The molecule has 3 rings (SSSR count). The van der Waals surface area contributed by atoms with Crippen molar-refractivity contribution in [1.29, 1.82) is 0 Å². The van der Waals surface area contributed by atoms with Gasteiger partial charge in [0.25, 0.3) is 0 Å². The number of ether oxygens (including phenoxy) is 1. The van der Waals surface area contributed by atoms with E-state index in [1.54, 1.807) is 41.8 Å². The number of aromatic nitrogens is 2. The number of benzene rings is 2. The predicted octanol–water partition coefficient (Wildman–Crippen LogP) is 3.85. The van der Waals surface area contributed by atoms with Gasteiger partial charge in [-0.2, -0.15) is 0 Å². The minimum Gasteiger partial charge on any atom is -0.489 e. The van der Waals surface area contributed by atoms with Crippen molar-refractivity contribution in [3.8, 4) is 5.75 Å². The quantitative estimate of drug-likeness (QED) is 0.459. The molecule has 29 heavy (non-hydrogen) atoms. The van der Waals surface area contributed by atoms with Crippen molar-refractivity contribution in [2.75, 3.05) is 5.32 Å². The summed E-state index contributed by atoms with van der Waals surface area (Å²) in [6.45, 7) is 2.15. The summed E-state index contributed by atoms with van der Waals surface area (Å²) in [4.78, 5) is 26.2. The highest BCUT2D eigenvalue weighted by Gasteiger charge is 2.15. The molecule has 1 aromatic heterocycles. The van der Waals surface area contributed by atoms with Crippen LogP contribution >= 0.6 is 0 Å². The van der Waals surface area contributed by atoms with E-state index < -0.39 is 4.92 Å². The number of carbonyl (C=O) groups is 1. The molecule has 9 heteroatoms. The lowest BCUT2D eigenvalue weighted by Gasteiger charge is -2.09. The van der Waals surface area contributed by atoms with Crippen LogP contribution in [0.3, 0.4) is 0 Å². The molecular weight excluding hydrogens is 379 g/mol. The molecule has 1 N–H and O–H groups in total. The second-order valence-electron chi connectivity index (χ2n) is 6.34. The van der Waals surface area contributed by atoms with Gasteiger partial charge in [0.2, 0.25) is 11.7 Å². The maximum absolute atomic E-state index is 13.2. The van der Waals surface area contributed by atoms with Gasteiger partial charge >= 0.3 is 5.82 Å². The molecule has 0 aliphatic rings. The fraction of sp³-hybridized carbons (Fsp3) is 0.200. The zero-order valence-electron chi connectivity index (χ0n) is 15.7. The van der Waals surface area contributed by atoms with Gasteiger partial charge in [0.15, 0.2) is 0 Å². The van der Waals surface area contributed by atoms with Gasteiger partial charge in [-0.25, -0.2) is 4.39 Å². The van der Waals surface area contributed by atoms with E-state index in [2.05, 4.69) is 10.3 Å². The molecular formula is C20H19FN4O4. The van der Waals surface area contributed by atoms with Crippen LogP contribution in [-0.2, 0) is 17.9 Å². The Balaban J connectivity index is 1.54. The van der Waals surface area contributed by atoms with Gasteiger partial charge in [0, 0.05) is 31.6 Å². The number of rotatable bonds is 8. The Labute approximate surface area is 166 Å². The fourth-order valence-electron chi connectivity index (χ4n) is 2.71. The van der Waals surface area contributed by atoms with E-state index in [0.717, 1.165) is 5.56 Å². The third-order valence-electron chi connectivity index (χ3n) is 4.14. The van der Waals surface area contributed by atoms with Gasteiger partial charge in [0.05, 0.1) is 0 Å². The van der Waals surface area contributed by atoms with Crippen molar-refractivity contribution in [3.05, 3.63) is 82.0 Å². The Morgan fingerprint density at radius 2 is 2.07 bits per heavy atom. The molecule has 150 valence electrons. The summed E-state index contributed by atoms with van der Waals surface area (Å²) in [6, 6.07) is 13.0. The Morgan fingerprint density at radius 1 is 1.28 bits per heavy atom. The standard InChI is InChI=1S/C20H19FN4O4/c1-14-22-19(25(27)28)12-24(14)9-8-20(26)23-17-6-2-4-15(10-17)13-29-18-7-3-5-16(21)11-18/h2-7,10-12H,8-9,13H2,1H3,(H,23,26). The molecule has 0 radical (unpaired) electrons. The van der Waals surface area contributed by atoms with Crippen LogP contribution in [0.15, 0.2) is 54.7 Å². The summed E-state index contributed by atoms with van der Waals surface area (Å²) >= 11 is 0. The smallest absolute Gasteiger partial charge is 0.381 e. The number of halogens is 1. The van der Waals surface area contributed by atoms with E-state index >= 15 is 0 Å². The van der Waals surface area contributed by atoms with Crippen LogP contribution in [-0.4, -0.2) is 20.4 Å². The molecule has 1 heterocycles. The van der Waals surface area contributed by atoms with E-state index in [-0.39, 0.29) is 37.1 Å². The van der Waals surface area contributed by atoms with Crippen LogP contribution in [0.1, 0.15) is 17.8 Å². The summed E-state index contributed by atoms with van der Waals surface area (Å²) in [6.07, 6.45) is 1.45. The Morgan fingerprint density at radius 3 is 2.79 bits per heavy atom. The molecule has 1 amide bonds. The van der Waals surface area contributed by atoms with E-state index in [9.17, 15) is 19.3 Å². The topological polar surface area (TPSA) is 99.3 Å². The second kappa shape index (κ2) is 8.96. The molecule has 0 unspecified atom stereocenters. The lowest BCUT2D eigenvalue weighted by atomic mass is 10.2. The van der Waals surface area contributed by atoms with Crippen LogP contribution in [0.2, 0.25) is 0 Å². The summed E-state index contributed by atoms with van der Waals surface area (Å²) in [7, 11) is 0. The number of aryl methyl sites for hydroxylation is 2. The molecule has 0 fully saturated rings. The van der Waals surface area contributed by atoms with Gasteiger partial charge in [-0.1, -0.05) is 18.2 Å². The van der Waals surface area contributed by atoms with Crippen LogP contribution in [0, 0.1) is 22.9 Å². The first-order valence-corrected chi connectivity index (χ1v) is 8.86. The largest absolute Gasteiger partial charge is 0.489 e. The normalized spacial score (nSPS) is 10.6. The van der Waals surface area contributed by atoms with Crippen LogP contribution < -0.4 is 10.1 Å². The van der Waals surface area contributed by atoms with Gasteiger partial charge in [0.1, 0.15) is 24.4 Å². The van der Waals surface area contributed by atoms with Crippen LogP contribution in [0.5, 0.6) is 5.75 Å². The van der Waals surface area contributed by atoms with Crippen LogP contribution in [0.4, 0.5) is 15.9 Å². The summed E-state index contributed by atoms with van der Waals surface area (Å²) in [5.74, 6) is 0.0464. The molecule has 0 aliphatic heterocycles. The first-order valence-electron chi connectivity index (χ1n) is 8.86. The Bertz CT molecular complexity index is 1030. The number of amides is 1. The first kappa shape index (κ1) is 20.0. The SMILES string of the molecule is Cc1nc([N+](=O)[O-])cn1CCC(=O)Nc1cccc(COc2cccc(F)c2)c1. The number of nitrogens with zero attached hydrogens (tertiary/aromatic N) is 3. The molecule has 3 aromatic rings. The highest BCUT2D eigenvalue weighted by atomic mass is 19.1. The third-order valence-corrected chi connectivity index (χ3v) is 4.14. The number of hydrogen-bond donors (Lipinski definition) is 1. The number of nitrogens with one attached hydrogen (secondary N) is 1. The molecule has 0 saturated heterocycles. The number of anilines is 1. The highest BCUT2D eigenvalue weighted by molar-refractivity contribution is 5.90. The van der Waals surface area contributed by atoms with Gasteiger partial charge in [-0.15, -0.1) is 0 Å². The van der Waals surface area contributed by atoms with Gasteiger partial charge < -0.3 is 24.7 Å². The van der Waals surface area contributed by atoms with Gasteiger partial charge in [-0.3, -0.25) is 4.79 Å².